The first-order chi connectivity index (χ1) is 10.3. The minimum absolute atomic E-state index is 0.691. The van der Waals surface area contributed by atoms with E-state index in [9.17, 15) is 0 Å². The summed E-state index contributed by atoms with van der Waals surface area (Å²) in [5, 5.41) is 2.36. The lowest BCUT2D eigenvalue weighted by Crippen LogP contribution is -1.97. The predicted octanol–water partition coefficient (Wildman–Crippen LogP) is 5.42. The van der Waals surface area contributed by atoms with E-state index in [0.717, 1.165) is 36.8 Å². The highest BCUT2D eigenvalue weighted by Gasteiger charge is 2.00. The van der Waals surface area contributed by atoms with E-state index in [1.165, 1.54) is 23.6 Å². The Bertz CT molecular complexity index is 554. The Hall–Kier alpha value is -1.41. The summed E-state index contributed by atoms with van der Waals surface area (Å²) in [5.74, 6) is 2.61. The van der Waals surface area contributed by atoms with Crippen molar-refractivity contribution in [3.05, 3.63) is 36.4 Å². The van der Waals surface area contributed by atoms with Gasteiger partial charge in [0.25, 0.3) is 0 Å². The molecule has 2 rings (SSSR count). The number of fused-ring (bicyclic) bond motifs is 1. The minimum Gasteiger partial charge on any atom is -0.494 e. The summed E-state index contributed by atoms with van der Waals surface area (Å²) < 4.78 is 11.3. The van der Waals surface area contributed by atoms with Gasteiger partial charge in [-0.1, -0.05) is 25.0 Å². The average molecular weight is 307 g/mol. The Morgan fingerprint density at radius 3 is 2.05 bits per heavy atom. The molecule has 114 valence electrons. The van der Waals surface area contributed by atoms with Crippen LogP contribution in [0, 0.1) is 0 Å². The van der Waals surface area contributed by atoms with E-state index in [1.54, 1.807) is 0 Å². The van der Waals surface area contributed by atoms with Crippen molar-refractivity contribution < 1.29 is 9.47 Å². The normalized spacial score (nSPS) is 10.8. The molecule has 0 aromatic heterocycles. The van der Waals surface area contributed by atoms with Gasteiger partial charge in [-0.2, -0.15) is 0 Å². The summed E-state index contributed by atoms with van der Waals surface area (Å²) in [5.41, 5.74) is 0. The van der Waals surface area contributed by atoms with Gasteiger partial charge in [0.05, 0.1) is 13.2 Å². The number of halogens is 1. The molecule has 0 saturated carbocycles. The molecule has 0 aliphatic rings. The molecule has 0 saturated heterocycles. The lowest BCUT2D eigenvalue weighted by Gasteiger charge is -2.08. The van der Waals surface area contributed by atoms with Crippen molar-refractivity contribution >= 4 is 22.4 Å². The molecule has 0 bridgehead atoms. The van der Waals surface area contributed by atoms with Crippen LogP contribution in [0.5, 0.6) is 11.5 Å². The highest BCUT2D eigenvalue weighted by Crippen LogP contribution is 2.25. The summed E-state index contributed by atoms with van der Waals surface area (Å²) >= 11 is 5.66. The van der Waals surface area contributed by atoms with Crippen LogP contribution in [0.2, 0.25) is 0 Å². The lowest BCUT2D eigenvalue weighted by molar-refractivity contribution is 0.305. The van der Waals surface area contributed by atoms with E-state index < -0.39 is 0 Å². The first-order valence-electron chi connectivity index (χ1n) is 7.69. The van der Waals surface area contributed by atoms with Crippen LogP contribution in [0.3, 0.4) is 0 Å². The molecule has 0 amide bonds. The van der Waals surface area contributed by atoms with Crippen LogP contribution in [-0.2, 0) is 0 Å². The molecule has 0 spiro atoms. The largest absolute Gasteiger partial charge is 0.494 e. The van der Waals surface area contributed by atoms with Crippen molar-refractivity contribution in [2.24, 2.45) is 0 Å². The topological polar surface area (TPSA) is 18.5 Å². The number of benzene rings is 2. The maximum atomic E-state index is 5.81. The van der Waals surface area contributed by atoms with E-state index in [4.69, 9.17) is 21.1 Å². The first kappa shape index (κ1) is 16.0. The standard InChI is InChI=1S/C18H23ClO2/c1-2-20-17-9-7-16-14-18(10-8-15(16)13-17)21-12-6-4-3-5-11-19/h7-10,13-14H,2-6,11-12H2,1H3. The van der Waals surface area contributed by atoms with Crippen LogP contribution in [-0.4, -0.2) is 19.1 Å². The number of hydrogen-bond acceptors (Lipinski definition) is 2. The molecule has 2 aromatic carbocycles. The maximum absolute atomic E-state index is 5.81. The number of unbranched alkanes of at least 4 members (excludes halogenated alkanes) is 3. The van der Waals surface area contributed by atoms with Gasteiger partial charge in [-0.05, 0) is 54.8 Å². The Kier molecular flexibility index (Phi) is 6.68. The summed E-state index contributed by atoms with van der Waals surface area (Å²) in [6.45, 7) is 3.45. The Morgan fingerprint density at radius 1 is 0.810 bits per heavy atom. The van der Waals surface area contributed by atoms with Gasteiger partial charge in [0.1, 0.15) is 11.5 Å². The molecule has 0 radical (unpaired) electrons. The molecule has 0 unspecified atom stereocenters. The number of alkyl halides is 1. The molecular formula is C18H23ClO2. The third kappa shape index (κ3) is 5.13. The quantitative estimate of drug-likeness (QED) is 0.455. The van der Waals surface area contributed by atoms with Crippen LogP contribution in [0.1, 0.15) is 32.6 Å². The van der Waals surface area contributed by atoms with E-state index in [0.29, 0.717) is 6.61 Å². The average Bonchev–Trinajstić information content (AvgIpc) is 2.51. The van der Waals surface area contributed by atoms with Crippen LogP contribution in [0.4, 0.5) is 0 Å². The zero-order valence-electron chi connectivity index (χ0n) is 12.6. The minimum atomic E-state index is 0.691. The maximum Gasteiger partial charge on any atom is 0.119 e. The van der Waals surface area contributed by atoms with Crippen molar-refractivity contribution in [1.82, 2.24) is 0 Å². The van der Waals surface area contributed by atoms with Crippen molar-refractivity contribution in [3.8, 4) is 11.5 Å². The molecule has 0 N–H and O–H groups in total. The molecular weight excluding hydrogens is 284 g/mol. The van der Waals surface area contributed by atoms with Crippen molar-refractivity contribution in [1.29, 1.82) is 0 Å². The van der Waals surface area contributed by atoms with Crippen LogP contribution >= 0.6 is 11.6 Å². The molecule has 3 heteroatoms. The van der Waals surface area contributed by atoms with Gasteiger partial charge in [-0.3, -0.25) is 0 Å². The van der Waals surface area contributed by atoms with Gasteiger partial charge in [0.15, 0.2) is 0 Å². The summed E-state index contributed by atoms with van der Waals surface area (Å²) in [7, 11) is 0. The zero-order valence-corrected chi connectivity index (χ0v) is 13.4. The third-order valence-corrected chi connectivity index (χ3v) is 3.66. The second-order valence-electron chi connectivity index (χ2n) is 5.06. The van der Waals surface area contributed by atoms with Crippen molar-refractivity contribution in [3.63, 3.8) is 0 Å². The van der Waals surface area contributed by atoms with Gasteiger partial charge in [0.2, 0.25) is 0 Å². The number of hydrogen-bond donors (Lipinski definition) is 0. The highest BCUT2D eigenvalue weighted by molar-refractivity contribution is 6.17. The molecule has 0 aliphatic heterocycles. The lowest BCUT2D eigenvalue weighted by atomic mass is 10.1. The molecule has 2 nitrogen and oxygen atoms in total. The fourth-order valence-corrected chi connectivity index (χ4v) is 2.48. The van der Waals surface area contributed by atoms with Crippen LogP contribution in [0.15, 0.2) is 36.4 Å². The second-order valence-corrected chi connectivity index (χ2v) is 5.43. The molecule has 21 heavy (non-hydrogen) atoms. The summed E-state index contributed by atoms with van der Waals surface area (Å²) in [6.07, 6.45) is 4.54. The Labute approximate surface area is 132 Å². The smallest absolute Gasteiger partial charge is 0.119 e. The fraction of sp³-hybridized carbons (Fsp3) is 0.444. The van der Waals surface area contributed by atoms with E-state index in [1.807, 2.05) is 19.1 Å². The molecule has 2 aromatic rings. The number of ether oxygens (including phenoxy) is 2. The molecule has 0 heterocycles. The van der Waals surface area contributed by atoms with Crippen molar-refractivity contribution in [2.75, 3.05) is 19.1 Å². The van der Waals surface area contributed by atoms with Gasteiger partial charge < -0.3 is 9.47 Å². The Balaban J connectivity index is 1.88. The third-order valence-electron chi connectivity index (χ3n) is 3.39. The number of rotatable bonds is 9. The SMILES string of the molecule is CCOc1ccc2cc(OCCCCCCCl)ccc2c1. The summed E-state index contributed by atoms with van der Waals surface area (Å²) in [6, 6.07) is 12.3. The Morgan fingerprint density at radius 2 is 1.43 bits per heavy atom. The van der Waals surface area contributed by atoms with Crippen LogP contribution in [0.25, 0.3) is 10.8 Å². The predicted molar refractivity (Wildman–Crippen MR) is 89.8 cm³/mol. The monoisotopic (exact) mass is 306 g/mol. The van der Waals surface area contributed by atoms with Gasteiger partial charge >= 0.3 is 0 Å². The van der Waals surface area contributed by atoms with Crippen molar-refractivity contribution in [2.45, 2.75) is 32.6 Å². The zero-order chi connectivity index (χ0) is 14.9. The van der Waals surface area contributed by atoms with E-state index in [2.05, 4.69) is 24.3 Å². The van der Waals surface area contributed by atoms with Gasteiger partial charge in [-0.25, -0.2) is 0 Å². The summed E-state index contributed by atoms with van der Waals surface area (Å²) in [4.78, 5) is 0. The molecule has 0 aliphatic carbocycles. The second kappa shape index (κ2) is 8.78. The van der Waals surface area contributed by atoms with Crippen LogP contribution < -0.4 is 9.47 Å². The van der Waals surface area contributed by atoms with E-state index in [-0.39, 0.29) is 0 Å². The first-order valence-corrected chi connectivity index (χ1v) is 8.22. The molecule has 0 fully saturated rings. The highest BCUT2D eigenvalue weighted by atomic mass is 35.5. The van der Waals surface area contributed by atoms with Gasteiger partial charge in [0, 0.05) is 5.88 Å². The fourth-order valence-electron chi connectivity index (χ4n) is 2.29. The van der Waals surface area contributed by atoms with E-state index >= 15 is 0 Å². The molecule has 0 atom stereocenters. The van der Waals surface area contributed by atoms with Gasteiger partial charge in [-0.15, -0.1) is 11.6 Å².